The lowest BCUT2D eigenvalue weighted by Crippen LogP contribution is -2.37. The van der Waals surface area contributed by atoms with E-state index in [-0.39, 0.29) is 24.1 Å². The zero-order chi connectivity index (χ0) is 18.7. The molecule has 0 aromatic heterocycles. The van der Waals surface area contributed by atoms with Crippen molar-refractivity contribution in [3.05, 3.63) is 65.5 Å². The highest BCUT2D eigenvalue weighted by Crippen LogP contribution is 2.25. The lowest BCUT2D eigenvalue weighted by molar-refractivity contribution is -0.128. The molecule has 1 atom stereocenters. The number of anilines is 1. The number of likely N-dealkylation sites (tertiary alicyclic amines) is 1. The SMILES string of the molecule is CCN(C(=O)C1CC(=O)N(Cc2ccc(C)cc2)C1)c1cccc(F)c1. The van der Waals surface area contributed by atoms with Gasteiger partial charge in [-0.25, -0.2) is 4.39 Å². The molecule has 0 spiro atoms. The van der Waals surface area contributed by atoms with Crippen molar-refractivity contribution in [1.29, 1.82) is 0 Å². The molecule has 0 aliphatic carbocycles. The Hall–Kier alpha value is -2.69. The minimum atomic E-state index is -0.392. The molecule has 1 fully saturated rings. The number of benzene rings is 2. The number of halogens is 1. The van der Waals surface area contributed by atoms with Crippen LogP contribution in [0.4, 0.5) is 10.1 Å². The van der Waals surface area contributed by atoms with Gasteiger partial charge in [0.1, 0.15) is 5.82 Å². The summed E-state index contributed by atoms with van der Waals surface area (Å²) >= 11 is 0. The maximum absolute atomic E-state index is 13.5. The van der Waals surface area contributed by atoms with Crippen molar-refractivity contribution in [2.75, 3.05) is 18.0 Å². The van der Waals surface area contributed by atoms with Crippen LogP contribution in [0, 0.1) is 18.7 Å². The molecular weight excluding hydrogens is 331 g/mol. The van der Waals surface area contributed by atoms with Crippen LogP contribution in [0.5, 0.6) is 0 Å². The van der Waals surface area contributed by atoms with Crippen LogP contribution >= 0.6 is 0 Å². The van der Waals surface area contributed by atoms with Gasteiger partial charge in [-0.2, -0.15) is 0 Å². The number of nitrogens with zero attached hydrogens (tertiary/aromatic N) is 2. The quantitative estimate of drug-likeness (QED) is 0.824. The molecule has 0 radical (unpaired) electrons. The van der Waals surface area contributed by atoms with Gasteiger partial charge in [-0.15, -0.1) is 0 Å². The Morgan fingerprint density at radius 2 is 1.96 bits per heavy atom. The third kappa shape index (κ3) is 3.93. The molecule has 5 heteroatoms. The number of carbonyl (C=O) groups excluding carboxylic acids is 2. The van der Waals surface area contributed by atoms with Gasteiger partial charge in [-0.3, -0.25) is 9.59 Å². The summed E-state index contributed by atoms with van der Waals surface area (Å²) in [6, 6.07) is 14.0. The third-order valence-electron chi connectivity index (χ3n) is 4.76. The summed E-state index contributed by atoms with van der Waals surface area (Å²) in [4.78, 5) is 28.5. The van der Waals surface area contributed by atoms with Crippen molar-refractivity contribution in [2.45, 2.75) is 26.8 Å². The van der Waals surface area contributed by atoms with Crippen molar-refractivity contribution < 1.29 is 14.0 Å². The third-order valence-corrected chi connectivity index (χ3v) is 4.76. The molecule has 4 nitrogen and oxygen atoms in total. The van der Waals surface area contributed by atoms with E-state index < -0.39 is 5.92 Å². The minimum absolute atomic E-state index is 0.0146. The van der Waals surface area contributed by atoms with Crippen molar-refractivity contribution in [3.8, 4) is 0 Å². The van der Waals surface area contributed by atoms with E-state index in [1.807, 2.05) is 38.1 Å². The Kier molecular flexibility index (Phi) is 5.35. The van der Waals surface area contributed by atoms with Crippen LogP contribution < -0.4 is 4.90 Å². The van der Waals surface area contributed by atoms with Crippen LogP contribution in [0.1, 0.15) is 24.5 Å². The number of hydrogen-bond acceptors (Lipinski definition) is 2. The first-order valence-corrected chi connectivity index (χ1v) is 8.88. The predicted octanol–water partition coefficient (Wildman–Crippen LogP) is 3.54. The molecule has 1 saturated heterocycles. The van der Waals surface area contributed by atoms with Gasteiger partial charge in [0.2, 0.25) is 11.8 Å². The molecule has 0 N–H and O–H groups in total. The zero-order valence-corrected chi connectivity index (χ0v) is 15.1. The summed E-state index contributed by atoms with van der Waals surface area (Å²) < 4.78 is 13.5. The Balaban J connectivity index is 1.70. The fourth-order valence-electron chi connectivity index (χ4n) is 3.33. The smallest absolute Gasteiger partial charge is 0.232 e. The highest BCUT2D eigenvalue weighted by Gasteiger charge is 2.36. The summed E-state index contributed by atoms with van der Waals surface area (Å²) in [7, 11) is 0. The normalized spacial score (nSPS) is 16.8. The molecule has 2 aromatic carbocycles. The van der Waals surface area contributed by atoms with E-state index in [1.54, 1.807) is 21.9 Å². The van der Waals surface area contributed by atoms with E-state index in [1.165, 1.54) is 17.7 Å². The molecule has 1 aliphatic rings. The van der Waals surface area contributed by atoms with E-state index >= 15 is 0 Å². The lowest BCUT2D eigenvalue weighted by atomic mass is 10.1. The van der Waals surface area contributed by atoms with E-state index in [0.717, 1.165) is 5.56 Å². The molecule has 0 saturated carbocycles. The van der Waals surface area contributed by atoms with Crippen molar-refractivity contribution in [3.63, 3.8) is 0 Å². The number of carbonyl (C=O) groups is 2. The van der Waals surface area contributed by atoms with Crippen LogP contribution in [-0.4, -0.2) is 29.8 Å². The molecule has 1 unspecified atom stereocenters. The van der Waals surface area contributed by atoms with Gasteiger partial charge in [-0.05, 0) is 37.6 Å². The molecule has 2 amide bonds. The second kappa shape index (κ2) is 7.68. The Morgan fingerprint density at radius 3 is 2.62 bits per heavy atom. The van der Waals surface area contributed by atoms with E-state index in [9.17, 15) is 14.0 Å². The molecule has 3 rings (SSSR count). The van der Waals surface area contributed by atoms with Crippen LogP contribution in [-0.2, 0) is 16.1 Å². The number of hydrogen-bond donors (Lipinski definition) is 0. The number of aryl methyl sites for hydroxylation is 1. The molecular formula is C21H23FN2O2. The van der Waals surface area contributed by atoms with Crippen molar-refractivity contribution in [1.82, 2.24) is 4.90 Å². The Bertz CT molecular complexity index is 804. The predicted molar refractivity (Wildman–Crippen MR) is 99.1 cm³/mol. The van der Waals surface area contributed by atoms with Crippen LogP contribution in [0.3, 0.4) is 0 Å². The lowest BCUT2D eigenvalue weighted by Gasteiger charge is -2.24. The number of rotatable bonds is 5. The van der Waals surface area contributed by atoms with E-state index in [2.05, 4.69) is 0 Å². The first-order valence-electron chi connectivity index (χ1n) is 8.88. The Labute approximate surface area is 153 Å². The van der Waals surface area contributed by atoms with Gasteiger partial charge in [-0.1, -0.05) is 35.9 Å². The standard InChI is InChI=1S/C21H23FN2O2/c1-3-24(19-6-4-5-18(22)12-19)21(26)17-11-20(25)23(14-17)13-16-9-7-15(2)8-10-16/h4-10,12,17H,3,11,13-14H2,1-2H3. The largest absolute Gasteiger partial charge is 0.338 e. The number of amides is 2. The van der Waals surface area contributed by atoms with Gasteiger partial charge in [0.25, 0.3) is 0 Å². The first kappa shape index (κ1) is 18.1. The van der Waals surface area contributed by atoms with E-state index in [0.29, 0.717) is 25.3 Å². The maximum atomic E-state index is 13.5. The summed E-state index contributed by atoms with van der Waals surface area (Å²) in [5.41, 5.74) is 2.75. The minimum Gasteiger partial charge on any atom is -0.338 e. The maximum Gasteiger partial charge on any atom is 0.232 e. The van der Waals surface area contributed by atoms with Gasteiger partial charge in [0, 0.05) is 31.7 Å². The Morgan fingerprint density at radius 1 is 1.23 bits per heavy atom. The van der Waals surface area contributed by atoms with Crippen LogP contribution in [0.25, 0.3) is 0 Å². The zero-order valence-electron chi connectivity index (χ0n) is 15.1. The van der Waals surface area contributed by atoms with Gasteiger partial charge in [0.15, 0.2) is 0 Å². The summed E-state index contributed by atoms with van der Waals surface area (Å²) in [5.74, 6) is -0.912. The van der Waals surface area contributed by atoms with Crippen LogP contribution in [0.15, 0.2) is 48.5 Å². The summed E-state index contributed by atoms with van der Waals surface area (Å²) in [6.45, 7) is 5.21. The highest BCUT2D eigenvalue weighted by atomic mass is 19.1. The van der Waals surface area contributed by atoms with Crippen LogP contribution in [0.2, 0.25) is 0 Å². The molecule has 26 heavy (non-hydrogen) atoms. The highest BCUT2D eigenvalue weighted by molar-refractivity contribution is 5.99. The molecule has 1 heterocycles. The van der Waals surface area contributed by atoms with E-state index in [4.69, 9.17) is 0 Å². The van der Waals surface area contributed by atoms with Crippen molar-refractivity contribution in [2.24, 2.45) is 5.92 Å². The molecule has 2 aromatic rings. The summed E-state index contributed by atoms with van der Waals surface area (Å²) in [6.07, 6.45) is 0.205. The average molecular weight is 354 g/mol. The van der Waals surface area contributed by atoms with Crippen molar-refractivity contribution >= 4 is 17.5 Å². The first-order chi connectivity index (χ1) is 12.5. The average Bonchev–Trinajstić information content (AvgIpc) is 2.98. The monoisotopic (exact) mass is 354 g/mol. The molecule has 136 valence electrons. The van der Waals surface area contributed by atoms with Gasteiger partial charge in [0.05, 0.1) is 5.92 Å². The molecule has 1 aliphatic heterocycles. The van der Waals surface area contributed by atoms with Gasteiger partial charge >= 0.3 is 0 Å². The second-order valence-electron chi connectivity index (χ2n) is 6.72. The fourth-order valence-corrected chi connectivity index (χ4v) is 3.33. The summed E-state index contributed by atoms with van der Waals surface area (Å²) in [5, 5.41) is 0. The molecule has 0 bridgehead atoms. The van der Waals surface area contributed by atoms with Gasteiger partial charge < -0.3 is 9.80 Å². The topological polar surface area (TPSA) is 40.6 Å². The fraction of sp³-hybridized carbons (Fsp3) is 0.333. The second-order valence-corrected chi connectivity index (χ2v) is 6.72.